The van der Waals surface area contributed by atoms with Crippen LogP contribution in [0.1, 0.15) is 81.1 Å². The summed E-state index contributed by atoms with van der Waals surface area (Å²) < 4.78 is 0. The molecule has 0 spiro atoms. The number of hydrogen-bond acceptors (Lipinski definition) is 0. The number of hydrogen-bond donors (Lipinski definition) is 0. The summed E-state index contributed by atoms with van der Waals surface area (Å²) in [5.41, 5.74) is 0. The average molecular weight is 255 g/mol. The molecule has 0 nitrogen and oxygen atoms in total. The van der Waals surface area contributed by atoms with Gasteiger partial charge in [-0.25, -0.2) is 0 Å². The van der Waals surface area contributed by atoms with Crippen molar-refractivity contribution in [2.75, 3.05) is 0 Å². The second kappa shape index (κ2) is 8.99. The molecule has 0 N–H and O–H groups in total. The Hall–Kier alpha value is 0. The van der Waals surface area contributed by atoms with E-state index < -0.39 is 0 Å². The molecule has 0 aliphatic carbocycles. The predicted molar refractivity (Wildman–Crippen MR) is 84.8 cm³/mol. The predicted octanol–water partition coefficient (Wildman–Crippen LogP) is 6.40. The highest BCUT2D eigenvalue weighted by Crippen LogP contribution is 2.39. The summed E-state index contributed by atoms with van der Waals surface area (Å²) in [4.78, 5) is 0. The highest BCUT2D eigenvalue weighted by atomic mass is 14.4. The summed E-state index contributed by atoms with van der Waals surface area (Å²) in [5, 5.41) is 0. The van der Waals surface area contributed by atoms with E-state index in [4.69, 9.17) is 0 Å². The minimum absolute atomic E-state index is 0.869. The Kier molecular flexibility index (Phi) is 8.99. The van der Waals surface area contributed by atoms with E-state index in [0.717, 1.165) is 35.5 Å². The van der Waals surface area contributed by atoms with Gasteiger partial charge in [-0.15, -0.1) is 0 Å². The van der Waals surface area contributed by atoms with Gasteiger partial charge in [0.25, 0.3) is 0 Å². The molecule has 0 saturated heterocycles. The molecule has 0 aromatic heterocycles. The van der Waals surface area contributed by atoms with Crippen molar-refractivity contribution in [1.29, 1.82) is 0 Å². The van der Waals surface area contributed by atoms with Crippen LogP contribution in [0.15, 0.2) is 0 Å². The first-order chi connectivity index (χ1) is 8.44. The third-order valence-corrected chi connectivity index (χ3v) is 5.93. The maximum Gasteiger partial charge on any atom is -0.0358 e. The van der Waals surface area contributed by atoms with E-state index in [-0.39, 0.29) is 0 Å². The quantitative estimate of drug-likeness (QED) is 0.446. The third-order valence-electron chi connectivity index (χ3n) is 5.93. The van der Waals surface area contributed by atoms with Crippen LogP contribution in [0.5, 0.6) is 0 Å². The van der Waals surface area contributed by atoms with Gasteiger partial charge in [0, 0.05) is 0 Å². The van der Waals surface area contributed by atoms with Gasteiger partial charge in [0.05, 0.1) is 0 Å². The Morgan fingerprint density at radius 3 is 0.944 bits per heavy atom. The Balaban J connectivity index is 4.86. The Morgan fingerprint density at radius 1 is 0.500 bits per heavy atom. The largest absolute Gasteiger partial charge is 0.0651 e. The molecule has 0 aromatic rings. The van der Waals surface area contributed by atoms with E-state index in [1.165, 1.54) is 25.7 Å². The SMILES string of the molecule is CC[C@@H](C)C(C)[C@H](CC)[C@H](CC)C(C)[C@@H](C)CC. The zero-order chi connectivity index (χ0) is 14.3. The first kappa shape index (κ1) is 18.0. The molecule has 0 aliphatic heterocycles. The first-order valence-corrected chi connectivity index (χ1v) is 8.44. The second-order valence-electron chi connectivity index (χ2n) is 6.63. The van der Waals surface area contributed by atoms with Crippen molar-refractivity contribution in [1.82, 2.24) is 0 Å². The van der Waals surface area contributed by atoms with E-state index >= 15 is 0 Å². The Bertz CT molecular complexity index is 174. The molecule has 0 fully saturated rings. The summed E-state index contributed by atoms with van der Waals surface area (Å²) in [7, 11) is 0. The molecule has 0 heterocycles. The van der Waals surface area contributed by atoms with Gasteiger partial charge in [-0.3, -0.25) is 0 Å². The summed E-state index contributed by atoms with van der Waals surface area (Å²) in [5.74, 6) is 5.30. The molecule has 0 rings (SSSR count). The molecule has 0 heteroatoms. The molecule has 0 amide bonds. The molecule has 0 aromatic carbocycles. The maximum absolute atomic E-state index is 2.49. The lowest BCUT2D eigenvalue weighted by Crippen LogP contribution is -2.31. The van der Waals surface area contributed by atoms with Crippen molar-refractivity contribution < 1.29 is 0 Å². The van der Waals surface area contributed by atoms with Gasteiger partial charge < -0.3 is 0 Å². The zero-order valence-corrected chi connectivity index (χ0v) is 14.3. The van der Waals surface area contributed by atoms with Crippen molar-refractivity contribution in [3.63, 3.8) is 0 Å². The Labute approximate surface area is 117 Å². The third kappa shape index (κ3) is 4.59. The van der Waals surface area contributed by atoms with Crippen LogP contribution in [0.3, 0.4) is 0 Å². The van der Waals surface area contributed by atoms with Crippen LogP contribution >= 0.6 is 0 Å². The van der Waals surface area contributed by atoms with Gasteiger partial charge in [-0.1, -0.05) is 81.1 Å². The van der Waals surface area contributed by atoms with Crippen molar-refractivity contribution in [3.05, 3.63) is 0 Å². The van der Waals surface area contributed by atoms with Gasteiger partial charge in [0.15, 0.2) is 0 Å². The van der Waals surface area contributed by atoms with E-state index in [9.17, 15) is 0 Å². The highest BCUT2D eigenvalue weighted by Gasteiger charge is 2.32. The van der Waals surface area contributed by atoms with E-state index in [2.05, 4.69) is 55.4 Å². The van der Waals surface area contributed by atoms with Crippen LogP contribution in [0.4, 0.5) is 0 Å². The summed E-state index contributed by atoms with van der Waals surface area (Å²) in [6.45, 7) is 19.3. The molecular weight excluding hydrogens is 216 g/mol. The van der Waals surface area contributed by atoms with Crippen molar-refractivity contribution in [2.24, 2.45) is 35.5 Å². The monoisotopic (exact) mass is 254 g/mol. The molecule has 0 saturated carbocycles. The van der Waals surface area contributed by atoms with Crippen molar-refractivity contribution in [3.8, 4) is 0 Å². The highest BCUT2D eigenvalue weighted by molar-refractivity contribution is 4.81. The number of rotatable bonds is 9. The summed E-state index contributed by atoms with van der Waals surface area (Å²) in [6, 6.07) is 0. The topological polar surface area (TPSA) is 0 Å². The fourth-order valence-electron chi connectivity index (χ4n) is 3.72. The van der Waals surface area contributed by atoms with E-state index in [0.29, 0.717) is 0 Å². The van der Waals surface area contributed by atoms with Crippen LogP contribution < -0.4 is 0 Å². The average Bonchev–Trinajstić information content (AvgIpc) is 2.41. The maximum atomic E-state index is 2.49. The van der Waals surface area contributed by atoms with Crippen LogP contribution in [-0.2, 0) is 0 Å². The minimum Gasteiger partial charge on any atom is -0.0651 e. The van der Waals surface area contributed by atoms with E-state index in [1.807, 2.05) is 0 Å². The van der Waals surface area contributed by atoms with Gasteiger partial charge in [-0.2, -0.15) is 0 Å². The minimum atomic E-state index is 0.869. The summed E-state index contributed by atoms with van der Waals surface area (Å²) in [6.07, 6.45) is 5.35. The molecule has 18 heavy (non-hydrogen) atoms. The molecule has 6 atom stereocenters. The second-order valence-corrected chi connectivity index (χ2v) is 6.63. The van der Waals surface area contributed by atoms with Crippen LogP contribution in [0, 0.1) is 35.5 Å². The van der Waals surface area contributed by atoms with Gasteiger partial charge in [0.1, 0.15) is 0 Å². The first-order valence-electron chi connectivity index (χ1n) is 8.44. The lowest BCUT2D eigenvalue weighted by atomic mass is 9.66. The molecule has 2 unspecified atom stereocenters. The molecule has 110 valence electrons. The van der Waals surface area contributed by atoms with Gasteiger partial charge >= 0.3 is 0 Å². The fourth-order valence-corrected chi connectivity index (χ4v) is 3.72. The lowest BCUT2D eigenvalue weighted by Gasteiger charge is -2.39. The standard InChI is InChI=1S/C18H38/c1-9-13(5)15(7)17(11-3)18(12-4)16(8)14(6)10-2/h13-18H,9-12H2,1-8H3/t13-,14+,15?,16?,17+,18-. The molecule has 0 aliphatic rings. The molecular formula is C18H38. The Morgan fingerprint density at radius 2 is 0.778 bits per heavy atom. The van der Waals surface area contributed by atoms with Crippen molar-refractivity contribution in [2.45, 2.75) is 81.1 Å². The van der Waals surface area contributed by atoms with Gasteiger partial charge in [-0.05, 0) is 35.5 Å². The zero-order valence-electron chi connectivity index (χ0n) is 14.3. The molecule has 0 radical (unpaired) electrons. The molecule has 0 bridgehead atoms. The smallest absolute Gasteiger partial charge is 0.0358 e. The van der Waals surface area contributed by atoms with Crippen molar-refractivity contribution >= 4 is 0 Å². The van der Waals surface area contributed by atoms with Crippen LogP contribution in [-0.4, -0.2) is 0 Å². The lowest BCUT2D eigenvalue weighted by molar-refractivity contribution is 0.102. The van der Waals surface area contributed by atoms with Crippen LogP contribution in [0.25, 0.3) is 0 Å². The normalized spacial score (nSPS) is 22.0. The fraction of sp³-hybridized carbons (Fsp3) is 1.00. The van der Waals surface area contributed by atoms with E-state index in [1.54, 1.807) is 0 Å². The summed E-state index contributed by atoms with van der Waals surface area (Å²) >= 11 is 0. The van der Waals surface area contributed by atoms with Crippen LogP contribution in [0.2, 0.25) is 0 Å². The van der Waals surface area contributed by atoms with Gasteiger partial charge in [0.2, 0.25) is 0 Å².